The molecule has 0 saturated heterocycles. The minimum absolute atomic E-state index is 0.700. The third-order valence-corrected chi connectivity index (χ3v) is 9.31. The number of benzene rings is 4. The first kappa shape index (κ1) is 22.7. The molecule has 0 aliphatic rings. The fourth-order valence-electron chi connectivity index (χ4n) is 4.52. The summed E-state index contributed by atoms with van der Waals surface area (Å²) in [7, 11) is 1.72. The monoisotopic (exact) mass is 462 g/mol. The minimum atomic E-state index is -1.60. The van der Waals surface area contributed by atoms with Gasteiger partial charge >= 0.3 is 0 Å². The summed E-state index contributed by atoms with van der Waals surface area (Å²) in [6, 6.07) is 19.3. The van der Waals surface area contributed by atoms with E-state index in [0.29, 0.717) is 4.90 Å². The summed E-state index contributed by atoms with van der Waals surface area (Å²) >= 11 is -1.60. The maximum atomic E-state index is 13.1. The van der Waals surface area contributed by atoms with Crippen LogP contribution in [-0.2, 0) is 15.3 Å². The van der Waals surface area contributed by atoms with Gasteiger partial charge in [-0.15, -0.1) is 0 Å². The molecular formula is C27H30O3SSi. The molecule has 1 unspecified atom stereocenters. The summed E-state index contributed by atoms with van der Waals surface area (Å²) in [5, 5.41) is 5.83. The van der Waals surface area contributed by atoms with Crippen LogP contribution in [-0.4, -0.2) is 26.5 Å². The van der Waals surface area contributed by atoms with E-state index in [2.05, 4.69) is 69.0 Å². The molecule has 0 N–H and O–H groups in total. The molecule has 0 aliphatic heterocycles. The summed E-state index contributed by atoms with van der Waals surface area (Å²) in [5.41, 5.74) is 3.90. The number of hydrogen-bond acceptors (Lipinski definition) is 3. The van der Waals surface area contributed by atoms with Crippen LogP contribution >= 0.6 is 0 Å². The SMILES string of the molecule is COc1c(C)cc2cc([Si](C)(C)C)ccc2c1-c1c(S(=O)OC)c(C)cc2ccccc12. The van der Waals surface area contributed by atoms with Gasteiger partial charge in [0.15, 0.2) is 11.1 Å². The Morgan fingerprint density at radius 2 is 1.44 bits per heavy atom. The largest absolute Gasteiger partial charge is 0.496 e. The highest BCUT2D eigenvalue weighted by Gasteiger charge is 2.25. The van der Waals surface area contributed by atoms with Gasteiger partial charge in [0.25, 0.3) is 0 Å². The first-order valence-electron chi connectivity index (χ1n) is 10.8. The molecule has 0 fully saturated rings. The lowest BCUT2D eigenvalue weighted by molar-refractivity contribution is 0.414. The molecule has 32 heavy (non-hydrogen) atoms. The Kier molecular flexibility index (Phi) is 6.01. The van der Waals surface area contributed by atoms with Crippen molar-refractivity contribution in [2.24, 2.45) is 0 Å². The van der Waals surface area contributed by atoms with Gasteiger partial charge in [-0.3, -0.25) is 4.18 Å². The standard InChI is InChI=1S/C27H30O3SSi/c1-17-14-20-16-21(32(5,6)7)12-13-23(20)24(26(17)29-3)25-22-11-9-8-10-19(22)15-18(2)27(25)31(28)30-4/h8-16H,1-7H3. The van der Waals surface area contributed by atoms with Crippen LogP contribution in [0.2, 0.25) is 19.6 Å². The van der Waals surface area contributed by atoms with Gasteiger partial charge in [-0.25, -0.2) is 4.21 Å². The lowest BCUT2D eigenvalue weighted by atomic mass is 9.90. The normalized spacial score (nSPS) is 13.0. The van der Waals surface area contributed by atoms with Crippen molar-refractivity contribution in [3.8, 4) is 16.9 Å². The lowest BCUT2D eigenvalue weighted by Gasteiger charge is -2.22. The highest BCUT2D eigenvalue weighted by molar-refractivity contribution is 7.80. The van der Waals surface area contributed by atoms with Crippen molar-refractivity contribution in [1.82, 2.24) is 0 Å². The number of rotatable bonds is 5. The van der Waals surface area contributed by atoms with Crippen LogP contribution in [0.5, 0.6) is 5.75 Å². The third-order valence-electron chi connectivity index (χ3n) is 6.10. The van der Waals surface area contributed by atoms with Crippen LogP contribution in [0, 0.1) is 13.8 Å². The van der Waals surface area contributed by atoms with Gasteiger partial charge < -0.3 is 4.74 Å². The number of aryl methyl sites for hydroxylation is 2. The summed E-state index contributed by atoms with van der Waals surface area (Å²) in [6.45, 7) is 11.2. The van der Waals surface area contributed by atoms with Crippen molar-refractivity contribution < 1.29 is 13.1 Å². The molecule has 0 heterocycles. The quantitative estimate of drug-likeness (QED) is 0.318. The second-order valence-electron chi connectivity index (χ2n) is 9.31. The number of hydrogen-bond donors (Lipinski definition) is 0. The van der Waals surface area contributed by atoms with E-state index < -0.39 is 19.2 Å². The highest BCUT2D eigenvalue weighted by Crippen LogP contribution is 2.46. The molecule has 166 valence electrons. The van der Waals surface area contributed by atoms with E-state index >= 15 is 0 Å². The number of fused-ring (bicyclic) bond motifs is 2. The van der Waals surface area contributed by atoms with E-state index in [1.165, 1.54) is 17.7 Å². The third kappa shape index (κ3) is 3.79. The Labute approximate surface area is 194 Å². The molecular weight excluding hydrogens is 432 g/mol. The molecule has 0 amide bonds. The topological polar surface area (TPSA) is 35.5 Å². The number of methoxy groups -OCH3 is 1. The van der Waals surface area contributed by atoms with Crippen molar-refractivity contribution in [3.63, 3.8) is 0 Å². The smallest absolute Gasteiger partial charge is 0.189 e. The molecule has 0 radical (unpaired) electrons. The van der Waals surface area contributed by atoms with Crippen LogP contribution in [0.1, 0.15) is 11.1 Å². The average molecular weight is 463 g/mol. The maximum absolute atomic E-state index is 13.1. The first-order chi connectivity index (χ1) is 15.2. The summed E-state index contributed by atoms with van der Waals surface area (Å²) in [4.78, 5) is 0.700. The zero-order valence-electron chi connectivity index (χ0n) is 19.8. The van der Waals surface area contributed by atoms with E-state index in [1.807, 2.05) is 19.1 Å². The van der Waals surface area contributed by atoms with Crippen LogP contribution in [0.25, 0.3) is 32.7 Å². The molecule has 0 bridgehead atoms. The first-order valence-corrected chi connectivity index (χ1v) is 15.4. The molecule has 4 aromatic carbocycles. The zero-order chi connectivity index (χ0) is 23.2. The molecule has 3 nitrogen and oxygen atoms in total. The fourth-order valence-corrected chi connectivity index (χ4v) is 6.56. The Hall–Kier alpha value is -2.47. The van der Waals surface area contributed by atoms with E-state index in [-0.39, 0.29) is 0 Å². The minimum Gasteiger partial charge on any atom is -0.496 e. The van der Waals surface area contributed by atoms with Crippen molar-refractivity contribution in [1.29, 1.82) is 0 Å². The Morgan fingerprint density at radius 3 is 2.09 bits per heavy atom. The van der Waals surface area contributed by atoms with E-state index in [1.54, 1.807) is 7.11 Å². The van der Waals surface area contributed by atoms with Gasteiger partial charge in [0.2, 0.25) is 0 Å². The van der Waals surface area contributed by atoms with Crippen LogP contribution in [0.15, 0.2) is 59.5 Å². The molecule has 1 atom stereocenters. The number of ether oxygens (including phenoxy) is 1. The Balaban J connectivity index is 2.24. The van der Waals surface area contributed by atoms with Crippen molar-refractivity contribution in [3.05, 3.63) is 65.7 Å². The summed E-state index contributed by atoms with van der Waals surface area (Å²) < 4.78 is 24.4. The molecule has 0 spiro atoms. The average Bonchev–Trinajstić information content (AvgIpc) is 2.75. The maximum Gasteiger partial charge on any atom is 0.189 e. The molecule has 4 rings (SSSR count). The fraction of sp³-hybridized carbons (Fsp3) is 0.259. The van der Waals surface area contributed by atoms with Gasteiger partial charge in [-0.1, -0.05) is 73.4 Å². The van der Waals surface area contributed by atoms with Crippen molar-refractivity contribution >= 4 is 45.9 Å². The second-order valence-corrected chi connectivity index (χ2v) is 15.6. The van der Waals surface area contributed by atoms with Crippen molar-refractivity contribution in [2.45, 2.75) is 38.4 Å². The van der Waals surface area contributed by atoms with Crippen LogP contribution in [0.4, 0.5) is 0 Å². The van der Waals surface area contributed by atoms with Gasteiger partial charge in [0.1, 0.15) is 5.75 Å². The molecule has 4 aromatic rings. The molecule has 0 aromatic heterocycles. The van der Waals surface area contributed by atoms with Crippen LogP contribution in [0.3, 0.4) is 0 Å². The summed E-state index contributed by atoms with van der Waals surface area (Å²) in [5.74, 6) is 0.809. The Bertz CT molecular complexity index is 1370. The van der Waals surface area contributed by atoms with Gasteiger partial charge in [0, 0.05) is 11.1 Å². The predicted molar refractivity (Wildman–Crippen MR) is 139 cm³/mol. The Morgan fingerprint density at radius 1 is 0.781 bits per heavy atom. The van der Waals surface area contributed by atoms with E-state index in [0.717, 1.165) is 44.2 Å². The molecule has 0 aliphatic carbocycles. The summed E-state index contributed by atoms with van der Waals surface area (Å²) in [6.07, 6.45) is 0. The molecule has 0 saturated carbocycles. The van der Waals surface area contributed by atoms with Gasteiger partial charge in [-0.2, -0.15) is 0 Å². The van der Waals surface area contributed by atoms with E-state index in [4.69, 9.17) is 8.92 Å². The van der Waals surface area contributed by atoms with Crippen LogP contribution < -0.4 is 9.92 Å². The lowest BCUT2D eigenvalue weighted by Crippen LogP contribution is -2.37. The predicted octanol–water partition coefficient (Wildman–Crippen LogP) is 6.50. The van der Waals surface area contributed by atoms with Crippen molar-refractivity contribution in [2.75, 3.05) is 14.2 Å². The van der Waals surface area contributed by atoms with Gasteiger partial charge in [0.05, 0.1) is 27.2 Å². The van der Waals surface area contributed by atoms with Gasteiger partial charge in [-0.05, 0) is 52.6 Å². The highest BCUT2D eigenvalue weighted by atomic mass is 32.2. The molecule has 5 heteroatoms. The second kappa shape index (κ2) is 8.47. The van der Waals surface area contributed by atoms with E-state index in [9.17, 15) is 4.21 Å². The zero-order valence-corrected chi connectivity index (χ0v) is 21.6.